The van der Waals surface area contributed by atoms with Crippen molar-refractivity contribution in [1.82, 2.24) is 15.1 Å². The van der Waals surface area contributed by atoms with Gasteiger partial charge in [-0.15, -0.1) is 0 Å². The van der Waals surface area contributed by atoms with Crippen molar-refractivity contribution < 1.29 is 9.63 Å². The second kappa shape index (κ2) is 6.30. The number of pyridine rings is 1. The van der Waals surface area contributed by atoms with Gasteiger partial charge in [0.05, 0.1) is 16.1 Å². The van der Waals surface area contributed by atoms with Crippen molar-refractivity contribution in [2.45, 2.75) is 38.2 Å². The molecule has 21 heavy (non-hydrogen) atoms. The van der Waals surface area contributed by atoms with Crippen LogP contribution in [-0.4, -0.2) is 26.3 Å². The molecule has 1 aliphatic rings. The van der Waals surface area contributed by atoms with Gasteiger partial charge in [0, 0.05) is 12.6 Å². The van der Waals surface area contributed by atoms with E-state index in [9.17, 15) is 5.11 Å². The minimum absolute atomic E-state index is 0.181. The van der Waals surface area contributed by atoms with E-state index in [4.69, 9.17) is 27.7 Å². The zero-order valence-corrected chi connectivity index (χ0v) is 12.8. The normalized spacial score (nSPS) is 22.4. The van der Waals surface area contributed by atoms with Crippen molar-refractivity contribution >= 4 is 23.2 Å². The topological polar surface area (TPSA) is 72.0 Å². The first-order valence-electron chi connectivity index (χ1n) is 6.95. The highest BCUT2D eigenvalue weighted by Gasteiger charge is 2.25. The van der Waals surface area contributed by atoms with Gasteiger partial charge in [0.25, 0.3) is 0 Å². The van der Waals surface area contributed by atoms with Gasteiger partial charge in [-0.2, -0.15) is 4.98 Å². The van der Waals surface area contributed by atoms with Gasteiger partial charge in [0.2, 0.25) is 11.7 Å². The number of nitrogens with zero attached hydrogens (tertiary/aromatic N) is 3. The minimum atomic E-state index is -0.286. The van der Waals surface area contributed by atoms with E-state index in [0.29, 0.717) is 33.9 Å². The van der Waals surface area contributed by atoms with Gasteiger partial charge in [-0.1, -0.05) is 41.2 Å². The Hall–Kier alpha value is -1.17. The van der Waals surface area contributed by atoms with Crippen LogP contribution in [0.2, 0.25) is 10.0 Å². The molecule has 1 saturated carbocycles. The summed E-state index contributed by atoms with van der Waals surface area (Å²) in [5, 5.41) is 14.7. The maximum absolute atomic E-state index is 9.99. The Bertz CT molecular complexity index is 632. The predicted molar refractivity (Wildman–Crippen MR) is 79.2 cm³/mol. The van der Waals surface area contributed by atoms with Gasteiger partial charge in [-0.25, -0.2) is 4.98 Å². The second-order valence-electron chi connectivity index (χ2n) is 5.31. The van der Waals surface area contributed by atoms with E-state index in [-0.39, 0.29) is 12.0 Å². The van der Waals surface area contributed by atoms with Crippen LogP contribution in [0.5, 0.6) is 0 Å². The highest BCUT2D eigenvalue weighted by atomic mass is 35.5. The molecule has 2 heterocycles. The first-order valence-corrected chi connectivity index (χ1v) is 7.71. The number of hydrogen-bond acceptors (Lipinski definition) is 5. The average Bonchev–Trinajstić information content (AvgIpc) is 2.90. The third-order valence-electron chi connectivity index (χ3n) is 3.79. The highest BCUT2D eigenvalue weighted by Crippen LogP contribution is 2.29. The summed E-state index contributed by atoms with van der Waals surface area (Å²) in [5.74, 6) is 1.03. The molecule has 1 fully saturated rings. The summed E-state index contributed by atoms with van der Waals surface area (Å²) in [5.41, 5.74) is 0.445. The Morgan fingerprint density at radius 3 is 2.86 bits per heavy atom. The quantitative estimate of drug-likeness (QED) is 0.933. The van der Waals surface area contributed by atoms with Crippen LogP contribution in [0.1, 0.15) is 31.6 Å². The molecule has 0 bridgehead atoms. The van der Waals surface area contributed by atoms with Gasteiger partial charge < -0.3 is 9.63 Å². The number of halogens is 2. The molecule has 0 radical (unpaired) electrons. The van der Waals surface area contributed by atoms with Crippen LogP contribution in [-0.2, 0) is 6.42 Å². The zero-order chi connectivity index (χ0) is 14.8. The van der Waals surface area contributed by atoms with Crippen LogP contribution in [0, 0.1) is 5.92 Å². The van der Waals surface area contributed by atoms with E-state index in [2.05, 4.69) is 15.1 Å². The average molecular weight is 328 g/mol. The molecule has 2 unspecified atom stereocenters. The third kappa shape index (κ3) is 3.36. The van der Waals surface area contributed by atoms with Crippen LogP contribution in [0.25, 0.3) is 11.5 Å². The molecular formula is C14H15Cl2N3O2. The fraction of sp³-hybridized carbons (Fsp3) is 0.500. The van der Waals surface area contributed by atoms with Crippen LogP contribution in [0.15, 0.2) is 16.8 Å². The van der Waals surface area contributed by atoms with Crippen molar-refractivity contribution in [2.24, 2.45) is 5.92 Å². The van der Waals surface area contributed by atoms with Crippen LogP contribution < -0.4 is 0 Å². The van der Waals surface area contributed by atoms with Gasteiger partial charge in [-0.05, 0) is 24.8 Å². The third-order valence-corrected chi connectivity index (χ3v) is 4.29. The summed E-state index contributed by atoms with van der Waals surface area (Å²) in [6, 6.07) is 1.59. The highest BCUT2D eigenvalue weighted by molar-refractivity contribution is 6.35. The minimum Gasteiger partial charge on any atom is -0.393 e. The Balaban J connectivity index is 1.76. The molecule has 1 aliphatic carbocycles. The van der Waals surface area contributed by atoms with Gasteiger partial charge in [-0.3, -0.25) is 0 Å². The lowest BCUT2D eigenvalue weighted by molar-refractivity contribution is 0.0657. The molecule has 0 spiro atoms. The number of aliphatic hydroxyl groups is 1. The monoisotopic (exact) mass is 327 g/mol. The molecule has 112 valence electrons. The number of rotatable bonds is 3. The SMILES string of the molecule is OC1CCCCC1Cc1nc(-c2ncc(Cl)cc2Cl)no1. The summed E-state index contributed by atoms with van der Waals surface area (Å²) in [7, 11) is 0. The fourth-order valence-corrected chi connectivity index (χ4v) is 3.13. The maximum Gasteiger partial charge on any atom is 0.227 e. The van der Waals surface area contributed by atoms with Crippen LogP contribution in [0.4, 0.5) is 0 Å². The molecule has 0 aromatic carbocycles. The Labute approximate surface area is 132 Å². The lowest BCUT2D eigenvalue weighted by atomic mass is 9.84. The van der Waals surface area contributed by atoms with Gasteiger partial charge in [0.1, 0.15) is 5.69 Å². The second-order valence-corrected chi connectivity index (χ2v) is 6.16. The predicted octanol–water partition coefficient (Wildman–Crippen LogP) is 3.53. The van der Waals surface area contributed by atoms with E-state index in [1.807, 2.05) is 0 Å². The Morgan fingerprint density at radius 2 is 2.10 bits per heavy atom. The lowest BCUT2D eigenvalue weighted by Crippen LogP contribution is -2.26. The van der Waals surface area contributed by atoms with Gasteiger partial charge in [0.15, 0.2) is 0 Å². The zero-order valence-electron chi connectivity index (χ0n) is 11.3. The molecule has 2 aromatic rings. The van der Waals surface area contributed by atoms with Crippen molar-refractivity contribution in [3.05, 3.63) is 28.2 Å². The van der Waals surface area contributed by atoms with Gasteiger partial charge >= 0.3 is 0 Å². The van der Waals surface area contributed by atoms with Crippen LogP contribution in [0.3, 0.4) is 0 Å². The molecule has 0 saturated heterocycles. The Kier molecular flexibility index (Phi) is 4.42. The standard InChI is InChI=1S/C14H15Cl2N3O2/c15-9-6-10(16)13(17-7-9)14-18-12(21-19-14)5-8-3-1-2-4-11(8)20/h6-8,11,20H,1-5H2. The van der Waals surface area contributed by atoms with E-state index >= 15 is 0 Å². The molecule has 0 amide bonds. The number of aliphatic hydroxyl groups excluding tert-OH is 1. The van der Waals surface area contributed by atoms with E-state index in [1.165, 1.54) is 6.20 Å². The first-order chi connectivity index (χ1) is 10.1. The summed E-state index contributed by atoms with van der Waals surface area (Å²) in [6.07, 6.45) is 5.83. The smallest absolute Gasteiger partial charge is 0.227 e. The summed E-state index contributed by atoms with van der Waals surface area (Å²) in [6.45, 7) is 0. The van der Waals surface area contributed by atoms with Crippen molar-refractivity contribution in [1.29, 1.82) is 0 Å². The van der Waals surface area contributed by atoms with E-state index in [1.54, 1.807) is 6.07 Å². The summed E-state index contributed by atoms with van der Waals surface area (Å²) >= 11 is 11.9. The molecule has 7 heteroatoms. The summed E-state index contributed by atoms with van der Waals surface area (Å²) in [4.78, 5) is 8.45. The number of hydrogen-bond donors (Lipinski definition) is 1. The lowest BCUT2D eigenvalue weighted by Gasteiger charge is -2.26. The largest absolute Gasteiger partial charge is 0.393 e. The molecule has 5 nitrogen and oxygen atoms in total. The van der Waals surface area contributed by atoms with E-state index < -0.39 is 0 Å². The van der Waals surface area contributed by atoms with Crippen molar-refractivity contribution in [2.75, 3.05) is 0 Å². The molecule has 3 rings (SSSR count). The summed E-state index contributed by atoms with van der Waals surface area (Å²) < 4.78 is 5.25. The maximum atomic E-state index is 9.99. The molecule has 2 atom stereocenters. The number of aromatic nitrogens is 3. The first kappa shape index (κ1) is 14.8. The molecular weight excluding hydrogens is 313 g/mol. The van der Waals surface area contributed by atoms with Crippen molar-refractivity contribution in [3.63, 3.8) is 0 Å². The van der Waals surface area contributed by atoms with Crippen LogP contribution >= 0.6 is 23.2 Å². The fourth-order valence-electron chi connectivity index (χ4n) is 2.66. The molecule has 2 aromatic heterocycles. The molecule has 1 N–H and O–H groups in total. The van der Waals surface area contributed by atoms with Crippen molar-refractivity contribution in [3.8, 4) is 11.5 Å². The Morgan fingerprint density at radius 1 is 1.29 bits per heavy atom. The molecule has 0 aliphatic heterocycles. The van der Waals surface area contributed by atoms with E-state index in [0.717, 1.165) is 25.7 Å².